The fourth-order valence-electron chi connectivity index (χ4n) is 5.82. The molecular formula is C36H64O9. The van der Waals surface area contributed by atoms with Crippen LogP contribution >= 0.6 is 0 Å². The number of carbonyl (C=O) groups excluding carboxylic acids is 3. The highest BCUT2D eigenvalue weighted by Crippen LogP contribution is 2.36. The van der Waals surface area contributed by atoms with Gasteiger partial charge in [-0.3, -0.25) is 14.4 Å². The molecule has 262 valence electrons. The third kappa shape index (κ3) is 20.1. The van der Waals surface area contributed by atoms with Crippen molar-refractivity contribution < 1.29 is 44.3 Å². The van der Waals surface area contributed by atoms with E-state index in [1.807, 2.05) is 0 Å². The largest absolute Gasteiger partial charge is 0.463 e. The van der Waals surface area contributed by atoms with Crippen LogP contribution in [0.1, 0.15) is 143 Å². The SMILES string of the molecule is CCCCC[C@H](O)/C=C/[C@@H]1[C@@H](CC(=O)CCCCC(=O)OC[C@H](O)COC(=O)CCCCCCCCC(C)CC)[C@@H](O)C[C@H]1O. The van der Waals surface area contributed by atoms with E-state index in [2.05, 4.69) is 20.8 Å². The van der Waals surface area contributed by atoms with Crippen molar-refractivity contribution in [2.24, 2.45) is 17.8 Å². The highest BCUT2D eigenvalue weighted by molar-refractivity contribution is 5.79. The zero-order chi connectivity index (χ0) is 33.5. The quantitative estimate of drug-likeness (QED) is 0.0483. The average Bonchev–Trinajstić information content (AvgIpc) is 3.28. The number of carbonyl (C=O) groups is 3. The Kier molecular flexibility index (Phi) is 23.2. The van der Waals surface area contributed by atoms with Crippen LogP contribution in [-0.2, 0) is 23.9 Å². The van der Waals surface area contributed by atoms with Crippen LogP contribution in [0, 0.1) is 17.8 Å². The summed E-state index contributed by atoms with van der Waals surface area (Å²) in [5.74, 6) is -0.882. The lowest BCUT2D eigenvalue weighted by Crippen LogP contribution is -2.25. The van der Waals surface area contributed by atoms with Gasteiger partial charge in [0.15, 0.2) is 0 Å². The summed E-state index contributed by atoms with van der Waals surface area (Å²) in [4.78, 5) is 36.6. The van der Waals surface area contributed by atoms with Crippen LogP contribution < -0.4 is 0 Å². The summed E-state index contributed by atoms with van der Waals surface area (Å²) in [6.07, 6.45) is 14.9. The number of aliphatic hydroxyl groups is 4. The Balaban J connectivity index is 2.15. The number of ether oxygens (including phenoxy) is 2. The van der Waals surface area contributed by atoms with Gasteiger partial charge in [0.05, 0.1) is 18.3 Å². The number of Topliss-reactive ketones (excluding diaryl/α,β-unsaturated/α-hetero) is 1. The van der Waals surface area contributed by atoms with E-state index in [4.69, 9.17) is 9.47 Å². The molecule has 1 fully saturated rings. The second-order valence-electron chi connectivity index (χ2n) is 13.2. The van der Waals surface area contributed by atoms with E-state index in [0.29, 0.717) is 25.7 Å². The van der Waals surface area contributed by atoms with Gasteiger partial charge in [-0.1, -0.05) is 97.1 Å². The number of hydrogen-bond acceptors (Lipinski definition) is 9. The van der Waals surface area contributed by atoms with E-state index >= 15 is 0 Å². The Morgan fingerprint density at radius 3 is 1.93 bits per heavy atom. The zero-order valence-electron chi connectivity index (χ0n) is 28.4. The average molecular weight is 641 g/mol. The molecule has 1 saturated carbocycles. The Labute approximate surface area is 272 Å². The summed E-state index contributed by atoms with van der Waals surface area (Å²) in [5, 5.41) is 41.0. The van der Waals surface area contributed by atoms with Gasteiger partial charge in [-0.25, -0.2) is 0 Å². The second kappa shape index (κ2) is 25.3. The van der Waals surface area contributed by atoms with Crippen LogP contribution in [0.25, 0.3) is 0 Å². The van der Waals surface area contributed by atoms with Crippen molar-refractivity contribution in [2.45, 2.75) is 167 Å². The van der Waals surface area contributed by atoms with Crippen molar-refractivity contribution in [3.8, 4) is 0 Å². The van der Waals surface area contributed by atoms with E-state index in [9.17, 15) is 34.8 Å². The summed E-state index contributed by atoms with van der Waals surface area (Å²) in [5.41, 5.74) is 0. The van der Waals surface area contributed by atoms with Gasteiger partial charge >= 0.3 is 11.9 Å². The topological polar surface area (TPSA) is 151 Å². The van der Waals surface area contributed by atoms with Crippen LogP contribution in [0.2, 0.25) is 0 Å². The molecular weight excluding hydrogens is 576 g/mol. The number of ketones is 1. The summed E-state index contributed by atoms with van der Waals surface area (Å²) >= 11 is 0. The molecule has 0 heterocycles. The summed E-state index contributed by atoms with van der Waals surface area (Å²) in [6.45, 7) is 6.14. The van der Waals surface area contributed by atoms with Gasteiger partial charge in [-0.05, 0) is 31.6 Å². The lowest BCUT2D eigenvalue weighted by molar-refractivity contribution is -0.152. The Morgan fingerprint density at radius 1 is 0.756 bits per heavy atom. The zero-order valence-corrected chi connectivity index (χ0v) is 28.4. The third-order valence-electron chi connectivity index (χ3n) is 9.02. The lowest BCUT2D eigenvalue weighted by Gasteiger charge is -2.20. The molecule has 9 heteroatoms. The molecule has 0 saturated heterocycles. The van der Waals surface area contributed by atoms with Crippen LogP contribution in [0.5, 0.6) is 0 Å². The Hall–Kier alpha value is -1.81. The first kappa shape index (κ1) is 41.2. The molecule has 0 aromatic rings. The standard InChI is InChI=1S/C36H64O9/c1-4-6-11-17-28(37)21-22-31-32(34(41)24-33(31)40)23-29(38)18-14-15-20-36(43)45-26-30(39)25-44-35(42)19-13-10-8-7-9-12-16-27(3)5-2/h21-22,27-28,30-34,37,39-41H,4-20,23-26H2,1-3H3/b22-21+/t27?,28-,30+,31+,32+,33+,34-/m0/s1. The number of rotatable bonds is 27. The molecule has 9 nitrogen and oxygen atoms in total. The van der Waals surface area contributed by atoms with Crippen molar-refractivity contribution >= 4 is 17.7 Å². The molecule has 1 unspecified atom stereocenters. The first-order valence-corrected chi connectivity index (χ1v) is 17.8. The molecule has 0 bridgehead atoms. The minimum absolute atomic E-state index is 0.0438. The fourth-order valence-corrected chi connectivity index (χ4v) is 5.82. The van der Waals surface area contributed by atoms with Gasteiger partial charge < -0.3 is 29.9 Å². The summed E-state index contributed by atoms with van der Waals surface area (Å²) in [7, 11) is 0. The van der Waals surface area contributed by atoms with Crippen LogP contribution in [-0.4, -0.2) is 75.8 Å². The highest BCUT2D eigenvalue weighted by atomic mass is 16.6. The van der Waals surface area contributed by atoms with Gasteiger partial charge in [-0.15, -0.1) is 0 Å². The first-order chi connectivity index (χ1) is 21.6. The van der Waals surface area contributed by atoms with Crippen molar-refractivity contribution in [2.75, 3.05) is 13.2 Å². The van der Waals surface area contributed by atoms with Crippen molar-refractivity contribution in [1.82, 2.24) is 0 Å². The van der Waals surface area contributed by atoms with Crippen molar-refractivity contribution in [3.05, 3.63) is 12.2 Å². The number of hydrogen-bond donors (Lipinski definition) is 4. The summed E-state index contributed by atoms with van der Waals surface area (Å²) in [6, 6.07) is 0. The Bertz CT molecular complexity index is 829. The maximum absolute atomic E-state index is 12.6. The molecule has 45 heavy (non-hydrogen) atoms. The number of aliphatic hydroxyl groups excluding tert-OH is 4. The fraction of sp³-hybridized carbons (Fsp3) is 0.861. The monoisotopic (exact) mass is 640 g/mol. The molecule has 0 radical (unpaired) electrons. The van der Waals surface area contributed by atoms with E-state index < -0.39 is 36.3 Å². The van der Waals surface area contributed by atoms with Gasteiger partial charge in [0, 0.05) is 43.9 Å². The van der Waals surface area contributed by atoms with Gasteiger partial charge in [-0.2, -0.15) is 0 Å². The lowest BCUT2D eigenvalue weighted by atomic mass is 9.87. The van der Waals surface area contributed by atoms with E-state index in [1.165, 1.54) is 32.1 Å². The molecule has 0 aromatic heterocycles. The van der Waals surface area contributed by atoms with E-state index in [1.54, 1.807) is 12.2 Å². The molecule has 0 aromatic carbocycles. The first-order valence-electron chi connectivity index (χ1n) is 17.8. The second-order valence-corrected chi connectivity index (χ2v) is 13.2. The van der Waals surface area contributed by atoms with E-state index in [0.717, 1.165) is 44.4 Å². The van der Waals surface area contributed by atoms with Crippen LogP contribution in [0.3, 0.4) is 0 Å². The molecule has 7 atom stereocenters. The number of unbranched alkanes of at least 4 members (excludes halogenated alkanes) is 8. The minimum Gasteiger partial charge on any atom is -0.463 e. The minimum atomic E-state index is -1.09. The van der Waals surface area contributed by atoms with Gasteiger partial charge in [0.1, 0.15) is 25.1 Å². The van der Waals surface area contributed by atoms with Crippen molar-refractivity contribution in [1.29, 1.82) is 0 Å². The predicted molar refractivity (Wildman–Crippen MR) is 175 cm³/mol. The highest BCUT2D eigenvalue weighted by Gasteiger charge is 2.41. The molecule has 1 rings (SSSR count). The predicted octanol–water partition coefficient (Wildman–Crippen LogP) is 5.98. The number of esters is 2. The van der Waals surface area contributed by atoms with Crippen molar-refractivity contribution in [3.63, 3.8) is 0 Å². The van der Waals surface area contributed by atoms with Crippen LogP contribution in [0.15, 0.2) is 12.2 Å². The van der Waals surface area contributed by atoms with E-state index in [-0.39, 0.29) is 56.6 Å². The summed E-state index contributed by atoms with van der Waals surface area (Å²) < 4.78 is 10.2. The normalized spacial score (nSPS) is 21.9. The van der Waals surface area contributed by atoms with Crippen LogP contribution in [0.4, 0.5) is 0 Å². The van der Waals surface area contributed by atoms with Gasteiger partial charge in [0.2, 0.25) is 0 Å². The maximum Gasteiger partial charge on any atom is 0.305 e. The third-order valence-corrected chi connectivity index (χ3v) is 9.02. The molecule has 0 spiro atoms. The molecule has 0 amide bonds. The molecule has 0 aliphatic heterocycles. The Morgan fingerprint density at radius 2 is 1.31 bits per heavy atom. The maximum atomic E-state index is 12.6. The molecule has 4 N–H and O–H groups in total. The van der Waals surface area contributed by atoms with Gasteiger partial charge in [0.25, 0.3) is 0 Å². The smallest absolute Gasteiger partial charge is 0.305 e. The molecule has 1 aliphatic rings. The molecule has 1 aliphatic carbocycles.